The van der Waals surface area contributed by atoms with Gasteiger partial charge in [-0.15, -0.1) is 0 Å². The number of hydrogen-bond donors (Lipinski definition) is 1. The van der Waals surface area contributed by atoms with E-state index in [-0.39, 0.29) is 31.3 Å². The monoisotopic (exact) mass is 521 g/mol. The number of halogens is 1. The van der Waals surface area contributed by atoms with Crippen molar-refractivity contribution >= 4 is 39.1 Å². The number of carbonyl (C=O) groups excluding carboxylic acids is 2. The Morgan fingerprint density at radius 2 is 1.66 bits per heavy atom. The molecular formula is C26H36ClN3O4S. The van der Waals surface area contributed by atoms with Gasteiger partial charge in [0.2, 0.25) is 21.8 Å². The van der Waals surface area contributed by atoms with Gasteiger partial charge in [0.25, 0.3) is 0 Å². The predicted octanol–water partition coefficient (Wildman–Crippen LogP) is 4.53. The van der Waals surface area contributed by atoms with Crippen LogP contribution in [0.1, 0.15) is 51.7 Å². The molecule has 0 heterocycles. The van der Waals surface area contributed by atoms with Crippen LogP contribution in [0, 0.1) is 6.92 Å². The van der Waals surface area contributed by atoms with Crippen LogP contribution in [0.2, 0.25) is 5.02 Å². The summed E-state index contributed by atoms with van der Waals surface area (Å²) in [6.45, 7) is 9.60. The van der Waals surface area contributed by atoms with Gasteiger partial charge in [-0.25, -0.2) is 8.42 Å². The SMILES string of the molecule is Cc1ccccc1N(CCCC(=O)N(Cc1ccc(Cl)cc1)C(C)C(=O)NC(C)(C)C)S(C)(=O)=O. The summed E-state index contributed by atoms with van der Waals surface area (Å²) in [6, 6.07) is 13.7. The number of amides is 2. The molecule has 0 aliphatic carbocycles. The molecule has 9 heteroatoms. The van der Waals surface area contributed by atoms with E-state index >= 15 is 0 Å². The lowest BCUT2D eigenvalue weighted by Crippen LogP contribution is -2.52. The highest BCUT2D eigenvalue weighted by atomic mass is 35.5. The summed E-state index contributed by atoms with van der Waals surface area (Å²) in [5.74, 6) is -0.479. The number of benzene rings is 2. The van der Waals surface area contributed by atoms with Crippen molar-refractivity contribution in [2.75, 3.05) is 17.1 Å². The average Bonchev–Trinajstić information content (AvgIpc) is 2.74. The first kappa shape index (κ1) is 28.7. The first-order valence-corrected chi connectivity index (χ1v) is 13.8. The second-order valence-corrected chi connectivity index (χ2v) is 12.1. The van der Waals surface area contributed by atoms with E-state index in [9.17, 15) is 18.0 Å². The van der Waals surface area contributed by atoms with Crippen LogP contribution in [0.4, 0.5) is 5.69 Å². The summed E-state index contributed by atoms with van der Waals surface area (Å²) in [6.07, 6.45) is 1.57. The number of anilines is 1. The molecule has 1 atom stereocenters. The van der Waals surface area contributed by atoms with E-state index in [0.717, 1.165) is 17.4 Å². The fraction of sp³-hybridized carbons (Fsp3) is 0.462. The number of nitrogens with zero attached hydrogens (tertiary/aromatic N) is 2. The Balaban J connectivity index is 2.19. The Labute approximate surface area is 214 Å². The molecule has 0 saturated carbocycles. The molecule has 0 bridgehead atoms. The summed E-state index contributed by atoms with van der Waals surface area (Å²) in [4.78, 5) is 27.7. The fourth-order valence-corrected chi connectivity index (χ4v) is 4.82. The van der Waals surface area contributed by atoms with Gasteiger partial charge >= 0.3 is 0 Å². The number of rotatable bonds is 10. The van der Waals surface area contributed by atoms with E-state index < -0.39 is 21.6 Å². The minimum absolute atomic E-state index is 0.0959. The predicted molar refractivity (Wildman–Crippen MR) is 142 cm³/mol. The number of nitrogens with one attached hydrogen (secondary N) is 1. The Hall–Kier alpha value is -2.58. The van der Waals surface area contributed by atoms with E-state index in [2.05, 4.69) is 5.32 Å². The third-order valence-corrected chi connectivity index (χ3v) is 6.90. The summed E-state index contributed by atoms with van der Waals surface area (Å²) in [7, 11) is -3.53. The zero-order chi connectivity index (χ0) is 26.4. The third kappa shape index (κ3) is 8.85. The van der Waals surface area contributed by atoms with Gasteiger partial charge in [0, 0.05) is 30.1 Å². The van der Waals surface area contributed by atoms with Crippen molar-refractivity contribution in [1.82, 2.24) is 10.2 Å². The molecule has 192 valence electrons. The van der Waals surface area contributed by atoms with E-state index in [1.807, 2.05) is 52.0 Å². The summed E-state index contributed by atoms with van der Waals surface area (Å²) >= 11 is 5.99. The van der Waals surface area contributed by atoms with Crippen LogP contribution in [-0.2, 0) is 26.2 Å². The first-order valence-electron chi connectivity index (χ1n) is 11.6. The van der Waals surface area contributed by atoms with Gasteiger partial charge < -0.3 is 10.2 Å². The molecule has 0 radical (unpaired) electrons. The third-order valence-electron chi connectivity index (χ3n) is 5.47. The molecule has 1 N–H and O–H groups in total. The zero-order valence-electron chi connectivity index (χ0n) is 21.3. The van der Waals surface area contributed by atoms with Crippen molar-refractivity contribution in [3.63, 3.8) is 0 Å². The molecule has 1 unspecified atom stereocenters. The molecule has 0 aromatic heterocycles. The highest BCUT2D eigenvalue weighted by molar-refractivity contribution is 7.92. The maximum atomic E-state index is 13.3. The molecule has 7 nitrogen and oxygen atoms in total. The normalized spacial score (nSPS) is 12.7. The number of aryl methyl sites for hydroxylation is 1. The van der Waals surface area contributed by atoms with Crippen molar-refractivity contribution < 1.29 is 18.0 Å². The standard InChI is InChI=1S/C26H36ClN3O4S/c1-19-10-7-8-11-23(19)30(35(6,33)34)17-9-12-24(31)29(18-21-13-15-22(27)16-14-21)20(2)25(32)28-26(3,4)5/h7-8,10-11,13-16,20H,9,12,17-18H2,1-6H3,(H,28,32). The van der Waals surface area contributed by atoms with E-state index in [4.69, 9.17) is 11.6 Å². The lowest BCUT2D eigenvalue weighted by molar-refractivity contribution is -0.141. The number of carbonyl (C=O) groups is 2. The highest BCUT2D eigenvalue weighted by Gasteiger charge is 2.28. The van der Waals surface area contributed by atoms with Crippen molar-refractivity contribution in [2.45, 2.75) is 65.6 Å². The van der Waals surface area contributed by atoms with Crippen LogP contribution in [0.5, 0.6) is 0 Å². The van der Waals surface area contributed by atoms with Crippen molar-refractivity contribution in [3.8, 4) is 0 Å². The quantitative estimate of drug-likeness (QED) is 0.497. The van der Waals surface area contributed by atoms with Gasteiger partial charge in [-0.1, -0.05) is 41.9 Å². The Kier molecular flexibility index (Phi) is 9.75. The number of para-hydroxylation sites is 1. The van der Waals surface area contributed by atoms with Crippen LogP contribution >= 0.6 is 11.6 Å². The van der Waals surface area contributed by atoms with Crippen LogP contribution in [0.3, 0.4) is 0 Å². The first-order chi connectivity index (χ1) is 16.2. The van der Waals surface area contributed by atoms with Gasteiger partial charge in [0.1, 0.15) is 6.04 Å². The fourth-order valence-electron chi connectivity index (χ4n) is 3.67. The van der Waals surface area contributed by atoms with Crippen LogP contribution in [-0.4, -0.2) is 49.5 Å². The molecule has 2 rings (SSSR count). The summed E-state index contributed by atoms with van der Waals surface area (Å²) < 4.78 is 26.2. The topological polar surface area (TPSA) is 86.8 Å². The lowest BCUT2D eigenvalue weighted by Gasteiger charge is -2.32. The molecule has 2 aromatic rings. The smallest absolute Gasteiger partial charge is 0.242 e. The van der Waals surface area contributed by atoms with Crippen molar-refractivity contribution in [3.05, 3.63) is 64.7 Å². The second-order valence-electron chi connectivity index (χ2n) is 9.79. The largest absolute Gasteiger partial charge is 0.350 e. The summed E-state index contributed by atoms with van der Waals surface area (Å²) in [5, 5.41) is 3.52. The lowest BCUT2D eigenvalue weighted by atomic mass is 10.1. The number of sulfonamides is 1. The van der Waals surface area contributed by atoms with Gasteiger partial charge in [-0.2, -0.15) is 0 Å². The van der Waals surface area contributed by atoms with Crippen molar-refractivity contribution in [1.29, 1.82) is 0 Å². The Morgan fingerprint density at radius 1 is 1.06 bits per heavy atom. The van der Waals surface area contributed by atoms with E-state index in [1.165, 1.54) is 9.21 Å². The maximum Gasteiger partial charge on any atom is 0.242 e. The van der Waals surface area contributed by atoms with E-state index in [1.54, 1.807) is 31.2 Å². The molecule has 0 saturated heterocycles. The molecule has 2 amide bonds. The molecule has 0 aliphatic heterocycles. The minimum atomic E-state index is -3.53. The highest BCUT2D eigenvalue weighted by Crippen LogP contribution is 2.23. The van der Waals surface area contributed by atoms with Crippen LogP contribution in [0.25, 0.3) is 0 Å². The Bertz CT molecular complexity index is 1130. The molecular weight excluding hydrogens is 486 g/mol. The zero-order valence-corrected chi connectivity index (χ0v) is 22.9. The molecule has 35 heavy (non-hydrogen) atoms. The average molecular weight is 522 g/mol. The minimum Gasteiger partial charge on any atom is -0.350 e. The van der Waals surface area contributed by atoms with Gasteiger partial charge in [-0.3, -0.25) is 13.9 Å². The maximum absolute atomic E-state index is 13.3. The molecule has 2 aromatic carbocycles. The second kappa shape index (κ2) is 11.9. The van der Waals surface area contributed by atoms with Gasteiger partial charge in [0.15, 0.2) is 0 Å². The Morgan fingerprint density at radius 3 is 2.20 bits per heavy atom. The molecule has 0 fully saturated rings. The van der Waals surface area contributed by atoms with E-state index in [0.29, 0.717) is 17.1 Å². The molecule has 0 spiro atoms. The van der Waals surface area contributed by atoms with Gasteiger partial charge in [0.05, 0.1) is 11.9 Å². The number of hydrogen-bond acceptors (Lipinski definition) is 4. The van der Waals surface area contributed by atoms with Crippen LogP contribution < -0.4 is 9.62 Å². The van der Waals surface area contributed by atoms with Gasteiger partial charge in [-0.05, 0) is 70.4 Å². The van der Waals surface area contributed by atoms with Crippen LogP contribution in [0.15, 0.2) is 48.5 Å². The molecule has 0 aliphatic rings. The van der Waals surface area contributed by atoms with Crippen molar-refractivity contribution in [2.24, 2.45) is 0 Å². The summed E-state index contributed by atoms with van der Waals surface area (Å²) in [5.41, 5.74) is 1.83.